The minimum absolute atomic E-state index is 0. The molecule has 0 aliphatic heterocycles. The lowest BCUT2D eigenvalue weighted by molar-refractivity contribution is 0.0873. The van der Waals surface area contributed by atoms with E-state index in [9.17, 15) is 9.18 Å². The van der Waals surface area contributed by atoms with Gasteiger partial charge in [0.15, 0.2) is 5.69 Å². The van der Waals surface area contributed by atoms with Gasteiger partial charge in [0.05, 0.1) is 30.6 Å². The second-order valence-corrected chi connectivity index (χ2v) is 8.65. The molecule has 0 saturated carbocycles. The molecule has 196 valence electrons. The summed E-state index contributed by atoms with van der Waals surface area (Å²) in [5.41, 5.74) is 2.62. The molecule has 0 radical (unpaired) electrons. The Kier molecular flexibility index (Phi) is 7.76. The van der Waals surface area contributed by atoms with Crippen molar-refractivity contribution < 1.29 is 23.2 Å². The number of hydrogen-bond acceptors (Lipinski definition) is 6. The summed E-state index contributed by atoms with van der Waals surface area (Å²) in [6.07, 6.45) is 1.18. The third kappa shape index (κ3) is 5.51. The molecular weight excluding hydrogens is 487 g/mol. The molecular formula is C29H29FN4O4. The Morgan fingerprint density at radius 2 is 1.84 bits per heavy atom. The van der Waals surface area contributed by atoms with Gasteiger partial charge in [0.2, 0.25) is 0 Å². The van der Waals surface area contributed by atoms with Crippen molar-refractivity contribution in [2.24, 2.45) is 0 Å². The first-order valence-electron chi connectivity index (χ1n) is 11.7. The van der Waals surface area contributed by atoms with Crippen molar-refractivity contribution in [1.82, 2.24) is 20.3 Å². The van der Waals surface area contributed by atoms with E-state index in [1.807, 2.05) is 49.4 Å². The molecule has 9 heteroatoms. The highest BCUT2D eigenvalue weighted by atomic mass is 19.1. The molecule has 0 saturated heterocycles. The Morgan fingerprint density at radius 1 is 1.05 bits per heavy atom. The SMILES string of the molecule is C.COc1cccc([C@@H](Oc2ccc3c(cnn3-c3ccc(F)cc3)c2)[C@H](C)NC(=O)c2cc(C)on2)c1. The van der Waals surface area contributed by atoms with Crippen LogP contribution in [0.3, 0.4) is 0 Å². The summed E-state index contributed by atoms with van der Waals surface area (Å²) in [6, 6.07) is 20.4. The van der Waals surface area contributed by atoms with Gasteiger partial charge in [-0.2, -0.15) is 5.10 Å². The molecule has 8 nitrogen and oxygen atoms in total. The van der Waals surface area contributed by atoms with E-state index in [0.29, 0.717) is 17.3 Å². The molecule has 0 bridgehead atoms. The summed E-state index contributed by atoms with van der Waals surface area (Å²) in [7, 11) is 1.60. The number of halogens is 1. The van der Waals surface area contributed by atoms with E-state index in [1.165, 1.54) is 12.1 Å². The molecule has 2 heterocycles. The van der Waals surface area contributed by atoms with Crippen LogP contribution in [0.1, 0.15) is 42.3 Å². The van der Waals surface area contributed by atoms with Gasteiger partial charge in [-0.05, 0) is 74.0 Å². The molecule has 5 rings (SSSR count). The Labute approximate surface area is 220 Å². The largest absolute Gasteiger partial charge is 0.497 e. The van der Waals surface area contributed by atoms with Crippen molar-refractivity contribution >= 4 is 16.8 Å². The summed E-state index contributed by atoms with van der Waals surface area (Å²) in [5, 5.41) is 12.1. The zero-order valence-electron chi connectivity index (χ0n) is 20.5. The number of aryl methyl sites for hydroxylation is 1. The van der Waals surface area contributed by atoms with Crippen LogP contribution in [0.2, 0.25) is 0 Å². The maximum absolute atomic E-state index is 13.4. The quantitative estimate of drug-likeness (QED) is 0.270. The topological polar surface area (TPSA) is 91.4 Å². The van der Waals surface area contributed by atoms with E-state index in [1.54, 1.807) is 43.1 Å². The number of fused-ring (bicyclic) bond motifs is 1. The first-order chi connectivity index (χ1) is 17.9. The van der Waals surface area contributed by atoms with Crippen molar-refractivity contribution in [1.29, 1.82) is 0 Å². The van der Waals surface area contributed by atoms with Gasteiger partial charge in [-0.1, -0.05) is 24.7 Å². The molecule has 0 spiro atoms. The number of aromatic nitrogens is 3. The van der Waals surface area contributed by atoms with Gasteiger partial charge >= 0.3 is 0 Å². The molecule has 2 atom stereocenters. The van der Waals surface area contributed by atoms with E-state index in [2.05, 4.69) is 15.6 Å². The first kappa shape index (κ1) is 26.4. The number of ether oxygens (including phenoxy) is 2. The Hall–Kier alpha value is -4.66. The lowest BCUT2D eigenvalue weighted by atomic mass is 10.0. The average molecular weight is 517 g/mol. The lowest BCUT2D eigenvalue weighted by Gasteiger charge is -2.26. The number of carbonyl (C=O) groups is 1. The Morgan fingerprint density at radius 3 is 2.55 bits per heavy atom. The van der Waals surface area contributed by atoms with Crippen LogP contribution in [-0.2, 0) is 0 Å². The molecule has 5 aromatic rings. The number of hydrogen-bond donors (Lipinski definition) is 1. The predicted molar refractivity (Wildman–Crippen MR) is 142 cm³/mol. The second-order valence-electron chi connectivity index (χ2n) is 8.65. The highest BCUT2D eigenvalue weighted by Gasteiger charge is 2.25. The third-order valence-electron chi connectivity index (χ3n) is 5.97. The fraction of sp³-hybridized carbons (Fsp3) is 0.207. The monoisotopic (exact) mass is 516 g/mol. The van der Waals surface area contributed by atoms with Gasteiger partial charge < -0.3 is 19.3 Å². The van der Waals surface area contributed by atoms with Gasteiger partial charge in [0, 0.05) is 11.5 Å². The third-order valence-corrected chi connectivity index (χ3v) is 5.97. The van der Waals surface area contributed by atoms with Crippen LogP contribution in [0.25, 0.3) is 16.6 Å². The lowest BCUT2D eigenvalue weighted by Crippen LogP contribution is -2.39. The summed E-state index contributed by atoms with van der Waals surface area (Å²) in [4.78, 5) is 12.8. The minimum atomic E-state index is -0.545. The van der Waals surface area contributed by atoms with E-state index in [-0.39, 0.29) is 24.8 Å². The van der Waals surface area contributed by atoms with Crippen molar-refractivity contribution in [3.05, 3.63) is 102 Å². The van der Waals surface area contributed by atoms with Gasteiger partial charge in [0.25, 0.3) is 5.91 Å². The molecule has 0 unspecified atom stereocenters. The van der Waals surface area contributed by atoms with Gasteiger partial charge in [-0.3, -0.25) is 4.79 Å². The normalized spacial score (nSPS) is 12.4. The number of methoxy groups -OCH3 is 1. The molecule has 0 aliphatic carbocycles. The van der Waals surface area contributed by atoms with Crippen molar-refractivity contribution in [2.45, 2.75) is 33.4 Å². The second kappa shape index (κ2) is 11.2. The maximum Gasteiger partial charge on any atom is 0.273 e. The average Bonchev–Trinajstić information content (AvgIpc) is 3.54. The molecule has 1 amide bonds. The fourth-order valence-electron chi connectivity index (χ4n) is 4.13. The zero-order chi connectivity index (χ0) is 25.9. The summed E-state index contributed by atoms with van der Waals surface area (Å²) in [5.74, 6) is 1.15. The highest BCUT2D eigenvalue weighted by molar-refractivity contribution is 5.92. The highest BCUT2D eigenvalue weighted by Crippen LogP contribution is 2.30. The van der Waals surface area contributed by atoms with Crippen LogP contribution >= 0.6 is 0 Å². The zero-order valence-corrected chi connectivity index (χ0v) is 20.5. The van der Waals surface area contributed by atoms with Crippen molar-refractivity contribution in [2.75, 3.05) is 7.11 Å². The van der Waals surface area contributed by atoms with E-state index in [4.69, 9.17) is 14.0 Å². The predicted octanol–water partition coefficient (Wildman–Crippen LogP) is 6.04. The number of carbonyl (C=O) groups excluding carboxylic acids is 1. The molecule has 1 N–H and O–H groups in total. The van der Waals surface area contributed by atoms with E-state index >= 15 is 0 Å². The summed E-state index contributed by atoms with van der Waals surface area (Å²) in [6.45, 7) is 3.59. The number of amides is 1. The smallest absolute Gasteiger partial charge is 0.273 e. The van der Waals surface area contributed by atoms with E-state index < -0.39 is 12.1 Å². The van der Waals surface area contributed by atoms with Gasteiger partial charge in [-0.25, -0.2) is 9.07 Å². The number of benzene rings is 3. The van der Waals surface area contributed by atoms with Crippen LogP contribution in [0.15, 0.2) is 83.5 Å². The Bertz CT molecular complexity index is 1540. The Balaban J connectivity index is 0.00000336. The molecule has 2 aromatic heterocycles. The summed E-state index contributed by atoms with van der Waals surface area (Å²) < 4.78 is 32.0. The van der Waals surface area contributed by atoms with Crippen LogP contribution in [-0.4, -0.2) is 34.0 Å². The van der Waals surface area contributed by atoms with Crippen molar-refractivity contribution in [3.8, 4) is 17.2 Å². The summed E-state index contributed by atoms with van der Waals surface area (Å²) >= 11 is 0. The van der Waals surface area contributed by atoms with Crippen LogP contribution in [0.4, 0.5) is 4.39 Å². The number of nitrogens with zero attached hydrogens (tertiary/aromatic N) is 3. The van der Waals surface area contributed by atoms with Gasteiger partial charge in [-0.15, -0.1) is 0 Å². The standard InChI is InChI=1S/C28H25FN4O4.CH4/c1-17-13-25(32-37-17)28(34)31-18(2)27(19-5-4-6-23(14-19)35-3)36-24-11-12-26-20(15-24)16-30-33(26)22-9-7-21(29)8-10-22;/h4-16,18,27H,1-3H3,(H,31,34);1H4/t18-,27-;/m0./s1. The molecule has 38 heavy (non-hydrogen) atoms. The van der Waals surface area contributed by atoms with E-state index in [0.717, 1.165) is 22.2 Å². The maximum atomic E-state index is 13.4. The minimum Gasteiger partial charge on any atom is -0.497 e. The van der Waals surface area contributed by atoms with Crippen LogP contribution in [0, 0.1) is 12.7 Å². The fourth-order valence-corrected chi connectivity index (χ4v) is 4.13. The van der Waals surface area contributed by atoms with Crippen LogP contribution in [0.5, 0.6) is 11.5 Å². The van der Waals surface area contributed by atoms with Crippen molar-refractivity contribution in [3.63, 3.8) is 0 Å². The number of nitrogens with one attached hydrogen (secondary N) is 1. The molecule has 3 aromatic carbocycles. The molecule has 0 fully saturated rings. The van der Waals surface area contributed by atoms with Gasteiger partial charge in [0.1, 0.15) is 29.2 Å². The first-order valence-corrected chi connectivity index (χ1v) is 11.7. The van der Waals surface area contributed by atoms with Crippen LogP contribution < -0.4 is 14.8 Å². The molecule has 0 aliphatic rings. The number of rotatable bonds is 8.